The highest BCUT2D eigenvalue weighted by molar-refractivity contribution is 5.81. The summed E-state index contributed by atoms with van der Waals surface area (Å²) in [4.78, 5) is 14.0. The van der Waals surface area contributed by atoms with Crippen molar-refractivity contribution >= 4 is 5.91 Å². The van der Waals surface area contributed by atoms with Crippen molar-refractivity contribution < 1.29 is 19.4 Å². The number of carbonyl (C=O) groups excluding carboxylic acids is 1. The standard InChI is InChI=1S/C17H22N2O4/c1-5-8-18-17(21)11(2)19-9-12-14(22-3)6-7-15(23-4)16(12)13(20)10-19/h1,6-7,11,13,20H,8-10H2,2-4H3,(H,18,21). The van der Waals surface area contributed by atoms with E-state index in [0.717, 1.165) is 11.1 Å². The Morgan fingerprint density at radius 2 is 2.13 bits per heavy atom. The Morgan fingerprint density at radius 1 is 1.48 bits per heavy atom. The predicted molar refractivity (Wildman–Crippen MR) is 86.2 cm³/mol. The van der Waals surface area contributed by atoms with Gasteiger partial charge in [-0.15, -0.1) is 6.42 Å². The van der Waals surface area contributed by atoms with Crippen molar-refractivity contribution in [2.24, 2.45) is 0 Å². The van der Waals surface area contributed by atoms with Crippen LogP contribution in [0.5, 0.6) is 11.5 Å². The van der Waals surface area contributed by atoms with Crippen molar-refractivity contribution in [1.29, 1.82) is 0 Å². The quantitative estimate of drug-likeness (QED) is 0.782. The molecule has 0 saturated heterocycles. The van der Waals surface area contributed by atoms with Crippen molar-refractivity contribution in [3.63, 3.8) is 0 Å². The van der Waals surface area contributed by atoms with Gasteiger partial charge in [-0.25, -0.2) is 0 Å². The van der Waals surface area contributed by atoms with E-state index in [1.807, 2.05) is 4.90 Å². The molecule has 1 amide bonds. The molecule has 0 aromatic heterocycles. The van der Waals surface area contributed by atoms with Crippen LogP contribution in [-0.2, 0) is 11.3 Å². The number of rotatable bonds is 5. The number of benzene rings is 1. The van der Waals surface area contributed by atoms with E-state index in [-0.39, 0.29) is 12.5 Å². The molecule has 0 radical (unpaired) electrons. The first kappa shape index (κ1) is 17.1. The lowest BCUT2D eigenvalue weighted by Gasteiger charge is -2.36. The predicted octanol–water partition coefficient (Wildman–Crippen LogP) is 0.691. The number of hydrogen-bond acceptors (Lipinski definition) is 5. The van der Waals surface area contributed by atoms with Crippen LogP contribution in [-0.4, -0.2) is 49.3 Å². The number of methoxy groups -OCH3 is 2. The van der Waals surface area contributed by atoms with E-state index in [0.29, 0.717) is 24.6 Å². The van der Waals surface area contributed by atoms with Gasteiger partial charge in [0.05, 0.1) is 32.9 Å². The number of aliphatic hydroxyl groups is 1. The number of carbonyl (C=O) groups is 1. The molecule has 0 aliphatic carbocycles. The van der Waals surface area contributed by atoms with Gasteiger partial charge in [-0.3, -0.25) is 9.69 Å². The Kier molecular flexibility index (Phi) is 5.48. The number of β-amino-alcohol motifs (C(OH)–C–C–N with tert-alkyl or cyclic N) is 1. The summed E-state index contributed by atoms with van der Waals surface area (Å²) < 4.78 is 10.7. The van der Waals surface area contributed by atoms with Crippen molar-refractivity contribution in [2.45, 2.75) is 25.6 Å². The van der Waals surface area contributed by atoms with E-state index in [9.17, 15) is 9.90 Å². The molecular formula is C17H22N2O4. The lowest BCUT2D eigenvalue weighted by Crippen LogP contribution is -2.48. The fourth-order valence-electron chi connectivity index (χ4n) is 2.85. The summed E-state index contributed by atoms with van der Waals surface area (Å²) in [5, 5.41) is 13.2. The normalized spacial score (nSPS) is 18.5. The monoisotopic (exact) mass is 318 g/mol. The van der Waals surface area contributed by atoms with Crippen LogP contribution < -0.4 is 14.8 Å². The smallest absolute Gasteiger partial charge is 0.237 e. The summed E-state index contributed by atoms with van der Waals surface area (Å²) in [7, 11) is 3.15. The van der Waals surface area contributed by atoms with E-state index in [1.54, 1.807) is 33.3 Å². The first-order valence-electron chi connectivity index (χ1n) is 7.40. The third kappa shape index (κ3) is 3.41. The summed E-state index contributed by atoms with van der Waals surface area (Å²) in [6, 6.07) is 3.17. The van der Waals surface area contributed by atoms with E-state index in [1.165, 1.54) is 0 Å². The fraction of sp³-hybridized carbons (Fsp3) is 0.471. The van der Waals surface area contributed by atoms with Gasteiger partial charge in [-0.1, -0.05) is 5.92 Å². The number of aliphatic hydroxyl groups excluding tert-OH is 1. The van der Waals surface area contributed by atoms with Gasteiger partial charge in [0.2, 0.25) is 5.91 Å². The topological polar surface area (TPSA) is 71.0 Å². The van der Waals surface area contributed by atoms with Gasteiger partial charge < -0.3 is 19.9 Å². The molecule has 2 N–H and O–H groups in total. The maximum absolute atomic E-state index is 12.1. The molecule has 2 rings (SSSR count). The third-order valence-electron chi connectivity index (χ3n) is 4.11. The maximum atomic E-state index is 12.1. The molecule has 1 heterocycles. The minimum atomic E-state index is -0.758. The Labute approximate surface area is 136 Å². The Bertz CT molecular complexity index is 624. The highest BCUT2D eigenvalue weighted by atomic mass is 16.5. The Balaban J connectivity index is 2.29. The van der Waals surface area contributed by atoms with Gasteiger partial charge in [0.25, 0.3) is 0 Å². The van der Waals surface area contributed by atoms with Crippen LogP contribution in [0.1, 0.15) is 24.2 Å². The minimum absolute atomic E-state index is 0.166. The molecule has 6 nitrogen and oxygen atoms in total. The Morgan fingerprint density at radius 3 is 2.74 bits per heavy atom. The largest absolute Gasteiger partial charge is 0.496 e. The van der Waals surface area contributed by atoms with Crippen LogP contribution in [0.15, 0.2) is 12.1 Å². The minimum Gasteiger partial charge on any atom is -0.496 e. The summed E-state index contributed by atoms with van der Waals surface area (Å²) >= 11 is 0. The molecule has 0 saturated carbocycles. The summed E-state index contributed by atoms with van der Waals surface area (Å²) in [6.07, 6.45) is 4.40. The molecule has 1 aliphatic heterocycles. The summed E-state index contributed by atoms with van der Waals surface area (Å²) in [5.74, 6) is 3.50. The van der Waals surface area contributed by atoms with Crippen molar-refractivity contribution in [1.82, 2.24) is 10.2 Å². The van der Waals surface area contributed by atoms with Gasteiger partial charge in [0.1, 0.15) is 11.5 Å². The van der Waals surface area contributed by atoms with E-state index < -0.39 is 12.1 Å². The van der Waals surface area contributed by atoms with Crippen molar-refractivity contribution in [3.8, 4) is 23.8 Å². The summed E-state index contributed by atoms with van der Waals surface area (Å²) in [5.41, 5.74) is 1.56. The van der Waals surface area contributed by atoms with E-state index in [2.05, 4.69) is 11.2 Å². The van der Waals surface area contributed by atoms with Crippen molar-refractivity contribution in [2.75, 3.05) is 27.3 Å². The lowest BCUT2D eigenvalue weighted by atomic mass is 9.94. The lowest BCUT2D eigenvalue weighted by molar-refractivity contribution is -0.126. The van der Waals surface area contributed by atoms with Gasteiger partial charge in [-0.2, -0.15) is 0 Å². The fourth-order valence-corrected chi connectivity index (χ4v) is 2.85. The number of nitrogens with one attached hydrogen (secondary N) is 1. The number of fused-ring (bicyclic) bond motifs is 1. The zero-order chi connectivity index (χ0) is 17.0. The number of nitrogens with zero attached hydrogens (tertiary/aromatic N) is 1. The van der Waals surface area contributed by atoms with Crippen molar-refractivity contribution in [3.05, 3.63) is 23.3 Å². The second kappa shape index (κ2) is 7.36. The number of terminal acetylenes is 1. The molecule has 124 valence electrons. The molecule has 23 heavy (non-hydrogen) atoms. The number of ether oxygens (including phenoxy) is 2. The van der Waals surface area contributed by atoms with Gasteiger partial charge in [-0.05, 0) is 19.1 Å². The molecule has 0 spiro atoms. The van der Waals surface area contributed by atoms with Gasteiger partial charge in [0.15, 0.2) is 0 Å². The molecule has 0 bridgehead atoms. The molecule has 6 heteroatoms. The average Bonchev–Trinajstić information content (AvgIpc) is 2.57. The molecule has 2 atom stereocenters. The van der Waals surface area contributed by atoms with E-state index >= 15 is 0 Å². The molecule has 1 aromatic carbocycles. The third-order valence-corrected chi connectivity index (χ3v) is 4.11. The molecule has 1 aromatic rings. The molecule has 2 unspecified atom stereocenters. The summed E-state index contributed by atoms with van der Waals surface area (Å²) in [6.45, 7) is 2.79. The number of amides is 1. The molecule has 0 fully saturated rings. The van der Waals surface area contributed by atoms with Gasteiger partial charge >= 0.3 is 0 Å². The van der Waals surface area contributed by atoms with Gasteiger partial charge in [0, 0.05) is 24.2 Å². The highest BCUT2D eigenvalue weighted by Crippen LogP contribution is 2.39. The van der Waals surface area contributed by atoms with E-state index in [4.69, 9.17) is 15.9 Å². The highest BCUT2D eigenvalue weighted by Gasteiger charge is 2.33. The average molecular weight is 318 g/mol. The first-order chi connectivity index (χ1) is 11.0. The van der Waals surface area contributed by atoms with Crippen LogP contribution in [0.3, 0.4) is 0 Å². The van der Waals surface area contributed by atoms with Crippen LogP contribution in [0.25, 0.3) is 0 Å². The molecular weight excluding hydrogens is 296 g/mol. The first-order valence-corrected chi connectivity index (χ1v) is 7.40. The zero-order valence-electron chi connectivity index (χ0n) is 13.6. The van der Waals surface area contributed by atoms with Crippen LogP contribution >= 0.6 is 0 Å². The van der Waals surface area contributed by atoms with Crippen LogP contribution in [0, 0.1) is 12.3 Å². The second-order valence-corrected chi connectivity index (χ2v) is 5.41. The molecule has 1 aliphatic rings. The van der Waals surface area contributed by atoms with Crippen LogP contribution in [0.4, 0.5) is 0 Å². The van der Waals surface area contributed by atoms with Crippen LogP contribution in [0.2, 0.25) is 0 Å². The Hall–Kier alpha value is -2.23. The number of hydrogen-bond donors (Lipinski definition) is 2. The zero-order valence-corrected chi connectivity index (χ0v) is 13.6. The second-order valence-electron chi connectivity index (χ2n) is 5.41. The maximum Gasteiger partial charge on any atom is 0.237 e. The SMILES string of the molecule is C#CCNC(=O)C(C)N1Cc2c(OC)ccc(OC)c2C(O)C1.